The summed E-state index contributed by atoms with van der Waals surface area (Å²) in [4.78, 5) is 12.8. The maximum Gasteiger partial charge on any atom is 0.204 e. The van der Waals surface area contributed by atoms with Gasteiger partial charge in [-0.1, -0.05) is 12.1 Å². The summed E-state index contributed by atoms with van der Waals surface area (Å²) in [6.07, 6.45) is 3.02. The summed E-state index contributed by atoms with van der Waals surface area (Å²) < 4.78 is 63.5. The molecule has 4 aromatic rings. The molecule has 3 aromatic heterocycles. The molecular weight excluding hydrogens is 426 g/mol. The molecular formula is C23H15F4N3O2. The lowest BCUT2D eigenvalue weighted by Crippen LogP contribution is -2.09. The van der Waals surface area contributed by atoms with Crippen LogP contribution in [0.3, 0.4) is 0 Å². The second-order valence-electron chi connectivity index (χ2n) is 6.59. The molecule has 9 heteroatoms. The van der Waals surface area contributed by atoms with Crippen LogP contribution < -0.4 is 4.74 Å². The Bertz CT molecular complexity index is 1170. The molecule has 0 atom stereocenters. The fourth-order valence-corrected chi connectivity index (χ4v) is 3.11. The number of ether oxygens (including phenoxy) is 1. The standard InChI is InChI=1S/C23H15F4N3O2/c24-19-18(20(25)22(27)23(21(19)26)32-10-9-31)13-11-16(14-5-1-3-7-28-14)30-17(12-13)15-6-2-4-8-29-15/h1-8,11-12,31H,9-10H2. The Labute approximate surface area is 180 Å². The molecule has 0 unspecified atom stereocenters. The van der Waals surface area contributed by atoms with E-state index in [1.54, 1.807) is 36.4 Å². The van der Waals surface area contributed by atoms with Crippen LogP contribution in [-0.2, 0) is 0 Å². The van der Waals surface area contributed by atoms with Crippen molar-refractivity contribution in [2.75, 3.05) is 13.2 Å². The Kier molecular flexibility index (Phi) is 6.09. The van der Waals surface area contributed by atoms with Crippen molar-refractivity contribution in [1.29, 1.82) is 0 Å². The van der Waals surface area contributed by atoms with E-state index < -0.39 is 47.8 Å². The molecule has 1 aromatic carbocycles. The second kappa shape index (κ2) is 9.11. The largest absolute Gasteiger partial charge is 0.485 e. The van der Waals surface area contributed by atoms with Gasteiger partial charge in [0, 0.05) is 12.4 Å². The lowest BCUT2D eigenvalue weighted by Gasteiger charge is -2.14. The first-order chi connectivity index (χ1) is 15.5. The van der Waals surface area contributed by atoms with Gasteiger partial charge in [0.15, 0.2) is 17.4 Å². The van der Waals surface area contributed by atoms with Gasteiger partial charge in [0.25, 0.3) is 0 Å². The number of aliphatic hydroxyl groups is 1. The molecule has 0 fully saturated rings. The van der Waals surface area contributed by atoms with Crippen LogP contribution in [0.25, 0.3) is 33.9 Å². The number of pyridine rings is 3. The van der Waals surface area contributed by atoms with Crippen molar-refractivity contribution >= 4 is 0 Å². The van der Waals surface area contributed by atoms with Crippen molar-refractivity contribution in [2.45, 2.75) is 0 Å². The molecule has 4 rings (SSSR count). The van der Waals surface area contributed by atoms with Gasteiger partial charge in [-0.05, 0) is 42.0 Å². The minimum atomic E-state index is -1.71. The normalized spacial score (nSPS) is 10.9. The third-order valence-corrected chi connectivity index (χ3v) is 4.53. The van der Waals surface area contributed by atoms with Crippen molar-refractivity contribution in [3.05, 3.63) is 84.2 Å². The highest BCUT2D eigenvalue weighted by Gasteiger charge is 2.28. The van der Waals surface area contributed by atoms with Crippen molar-refractivity contribution < 1.29 is 27.4 Å². The van der Waals surface area contributed by atoms with Crippen LogP contribution in [0.2, 0.25) is 0 Å². The molecule has 0 aliphatic heterocycles. The molecule has 5 nitrogen and oxygen atoms in total. The van der Waals surface area contributed by atoms with E-state index in [-0.39, 0.29) is 17.0 Å². The van der Waals surface area contributed by atoms with E-state index in [1.165, 1.54) is 24.5 Å². The zero-order valence-corrected chi connectivity index (χ0v) is 16.4. The first kappa shape index (κ1) is 21.4. The molecule has 0 spiro atoms. The Balaban J connectivity index is 1.96. The number of hydrogen-bond donors (Lipinski definition) is 1. The summed E-state index contributed by atoms with van der Waals surface area (Å²) in [5, 5.41) is 8.78. The first-order valence-electron chi connectivity index (χ1n) is 9.46. The number of hydrogen-bond acceptors (Lipinski definition) is 5. The van der Waals surface area contributed by atoms with Gasteiger partial charge in [-0.3, -0.25) is 9.97 Å². The fourth-order valence-electron chi connectivity index (χ4n) is 3.11. The monoisotopic (exact) mass is 441 g/mol. The number of nitrogens with zero attached hydrogens (tertiary/aromatic N) is 3. The molecule has 0 bridgehead atoms. The number of aromatic nitrogens is 3. The van der Waals surface area contributed by atoms with Gasteiger partial charge in [-0.15, -0.1) is 0 Å². The van der Waals surface area contributed by atoms with Crippen molar-refractivity contribution in [2.24, 2.45) is 0 Å². The van der Waals surface area contributed by atoms with Crippen LogP contribution in [0.4, 0.5) is 17.6 Å². The predicted molar refractivity (Wildman–Crippen MR) is 109 cm³/mol. The van der Waals surface area contributed by atoms with Crippen LogP contribution in [-0.4, -0.2) is 33.3 Å². The molecule has 0 aliphatic rings. The second-order valence-corrected chi connectivity index (χ2v) is 6.59. The smallest absolute Gasteiger partial charge is 0.204 e. The summed E-state index contributed by atoms with van der Waals surface area (Å²) in [6.45, 7) is -1.12. The lowest BCUT2D eigenvalue weighted by molar-refractivity contribution is 0.187. The minimum Gasteiger partial charge on any atom is -0.485 e. The lowest BCUT2D eigenvalue weighted by atomic mass is 10.0. The Morgan fingerprint density at radius 1 is 0.719 bits per heavy atom. The number of aliphatic hydroxyl groups excluding tert-OH is 1. The molecule has 0 aliphatic carbocycles. The van der Waals surface area contributed by atoms with Gasteiger partial charge in [-0.25, -0.2) is 13.8 Å². The van der Waals surface area contributed by atoms with E-state index in [0.717, 1.165) is 0 Å². The van der Waals surface area contributed by atoms with Crippen LogP contribution in [0.1, 0.15) is 0 Å². The predicted octanol–water partition coefficient (Wildman–Crippen LogP) is 4.80. The Morgan fingerprint density at radius 2 is 1.25 bits per heavy atom. The van der Waals surface area contributed by atoms with Gasteiger partial charge >= 0.3 is 0 Å². The van der Waals surface area contributed by atoms with E-state index in [2.05, 4.69) is 19.7 Å². The maximum atomic E-state index is 14.9. The van der Waals surface area contributed by atoms with Gasteiger partial charge in [-0.2, -0.15) is 8.78 Å². The maximum absolute atomic E-state index is 14.9. The van der Waals surface area contributed by atoms with E-state index in [0.29, 0.717) is 11.4 Å². The van der Waals surface area contributed by atoms with Crippen LogP contribution in [0.5, 0.6) is 5.75 Å². The summed E-state index contributed by atoms with van der Waals surface area (Å²) in [6, 6.07) is 12.6. The molecule has 0 saturated heterocycles. The molecule has 0 saturated carbocycles. The van der Waals surface area contributed by atoms with Crippen LogP contribution >= 0.6 is 0 Å². The zero-order chi connectivity index (χ0) is 22.7. The Hall–Kier alpha value is -3.85. The topological polar surface area (TPSA) is 68.1 Å². The average Bonchev–Trinajstić information content (AvgIpc) is 2.84. The molecule has 0 radical (unpaired) electrons. The molecule has 0 amide bonds. The van der Waals surface area contributed by atoms with E-state index >= 15 is 0 Å². The molecule has 32 heavy (non-hydrogen) atoms. The zero-order valence-electron chi connectivity index (χ0n) is 16.4. The van der Waals surface area contributed by atoms with E-state index in [9.17, 15) is 17.6 Å². The van der Waals surface area contributed by atoms with Crippen molar-refractivity contribution in [3.8, 4) is 39.7 Å². The summed E-state index contributed by atoms with van der Waals surface area (Å²) >= 11 is 0. The average molecular weight is 441 g/mol. The van der Waals surface area contributed by atoms with Crippen molar-refractivity contribution in [1.82, 2.24) is 15.0 Å². The van der Waals surface area contributed by atoms with Gasteiger partial charge < -0.3 is 9.84 Å². The minimum absolute atomic E-state index is 0.164. The highest BCUT2D eigenvalue weighted by molar-refractivity contribution is 5.76. The third-order valence-electron chi connectivity index (χ3n) is 4.53. The van der Waals surface area contributed by atoms with Gasteiger partial charge in [0.05, 0.1) is 34.9 Å². The number of benzene rings is 1. The Morgan fingerprint density at radius 3 is 1.69 bits per heavy atom. The van der Waals surface area contributed by atoms with Crippen LogP contribution in [0, 0.1) is 23.3 Å². The van der Waals surface area contributed by atoms with Gasteiger partial charge in [0.2, 0.25) is 11.6 Å². The molecule has 3 heterocycles. The quantitative estimate of drug-likeness (QED) is 0.344. The van der Waals surface area contributed by atoms with Crippen LogP contribution in [0.15, 0.2) is 60.9 Å². The fraction of sp³-hybridized carbons (Fsp3) is 0.0870. The van der Waals surface area contributed by atoms with E-state index in [4.69, 9.17) is 5.11 Å². The van der Waals surface area contributed by atoms with Crippen molar-refractivity contribution in [3.63, 3.8) is 0 Å². The molecule has 162 valence electrons. The third kappa shape index (κ3) is 4.02. The highest BCUT2D eigenvalue weighted by Crippen LogP contribution is 2.38. The van der Waals surface area contributed by atoms with E-state index in [1.807, 2.05) is 0 Å². The summed E-state index contributed by atoms with van der Waals surface area (Å²) in [5.74, 6) is -7.92. The summed E-state index contributed by atoms with van der Waals surface area (Å²) in [7, 11) is 0. The summed E-state index contributed by atoms with van der Waals surface area (Å²) in [5.41, 5.74) is 0.135. The number of halogens is 4. The first-order valence-corrected chi connectivity index (χ1v) is 9.46. The highest BCUT2D eigenvalue weighted by atomic mass is 19.2. The number of rotatable bonds is 6. The SMILES string of the molecule is OCCOc1c(F)c(F)c(-c2cc(-c3ccccn3)nc(-c3ccccn3)c2)c(F)c1F. The molecule has 1 N–H and O–H groups in total. The van der Waals surface area contributed by atoms with Gasteiger partial charge in [0.1, 0.15) is 6.61 Å².